The molecule has 2 amide bonds. The molecule has 8 heteroatoms. The van der Waals surface area contributed by atoms with E-state index in [0.29, 0.717) is 32.4 Å². The van der Waals surface area contributed by atoms with Crippen molar-refractivity contribution in [2.24, 2.45) is 11.8 Å². The lowest BCUT2D eigenvalue weighted by molar-refractivity contribution is -0.139. The van der Waals surface area contributed by atoms with Crippen LogP contribution in [0.1, 0.15) is 41.9 Å². The molecule has 3 aromatic rings. The fourth-order valence-electron chi connectivity index (χ4n) is 6.34. The smallest absolute Gasteiger partial charge is 0.408 e. The average Bonchev–Trinajstić information content (AvgIpc) is 3.72. The van der Waals surface area contributed by atoms with E-state index in [1.165, 1.54) is 5.56 Å². The van der Waals surface area contributed by atoms with Gasteiger partial charge in [-0.25, -0.2) is 4.79 Å². The van der Waals surface area contributed by atoms with Crippen molar-refractivity contribution >= 4 is 18.0 Å². The summed E-state index contributed by atoms with van der Waals surface area (Å²) < 4.78 is 5.81. The van der Waals surface area contributed by atoms with Crippen LogP contribution >= 0.6 is 0 Å². The number of nitrogens with one attached hydrogen (secondary N) is 2. The Labute approximate surface area is 239 Å². The zero-order valence-electron chi connectivity index (χ0n) is 22.9. The second-order valence-corrected chi connectivity index (χ2v) is 11.4. The van der Waals surface area contributed by atoms with Crippen molar-refractivity contribution in [2.45, 2.75) is 37.3 Å². The monoisotopic (exact) mass is 553 g/mol. The van der Waals surface area contributed by atoms with Crippen molar-refractivity contribution in [3.8, 4) is 11.1 Å². The molecule has 2 aliphatic carbocycles. The first kappa shape index (κ1) is 27.0. The number of carboxylic acid groups (broad SMARTS) is 1. The highest BCUT2D eigenvalue weighted by Crippen LogP contribution is 2.44. The summed E-state index contributed by atoms with van der Waals surface area (Å²) >= 11 is 0. The topological polar surface area (TPSA) is 108 Å². The zero-order valence-corrected chi connectivity index (χ0v) is 22.9. The average molecular weight is 554 g/mol. The Balaban J connectivity index is 1.12. The predicted molar refractivity (Wildman–Crippen MR) is 154 cm³/mol. The molecule has 1 saturated carbocycles. The number of alkyl carbamates (subject to hydrolysis) is 1. The number of ether oxygens (including phenoxy) is 1. The number of carboxylic acids is 1. The highest BCUT2D eigenvalue weighted by atomic mass is 16.5. The molecule has 0 spiro atoms. The number of piperidine rings is 1. The van der Waals surface area contributed by atoms with Gasteiger partial charge in [-0.1, -0.05) is 78.9 Å². The third kappa shape index (κ3) is 5.70. The van der Waals surface area contributed by atoms with E-state index in [4.69, 9.17) is 4.74 Å². The number of carbonyl (C=O) groups excluding carboxylic acids is 2. The van der Waals surface area contributed by atoms with Crippen LogP contribution in [0.5, 0.6) is 0 Å². The molecule has 6 rings (SSSR count). The maximum absolute atomic E-state index is 13.6. The molecule has 1 aliphatic heterocycles. The molecular formula is C33H35N3O5. The standard InChI is InChI=1S/C33H35N3O5/c37-30(38)28-18-23(28)19-34-31(39)33(14-16-36(17-15-33)20-22-8-2-1-3-9-22)35-32(40)41-21-29-26-12-6-4-10-24(26)25-11-5-7-13-27(25)29/h1-13,23,28-29H,14-21H2,(H,34,39)(H,35,40)(H,37,38)/t23-,28-/m1/s1. The highest BCUT2D eigenvalue weighted by Gasteiger charge is 2.46. The molecule has 0 aromatic heterocycles. The first-order valence-corrected chi connectivity index (χ1v) is 14.3. The third-order valence-corrected chi connectivity index (χ3v) is 8.84. The molecule has 0 bridgehead atoms. The van der Waals surface area contributed by atoms with Crippen molar-refractivity contribution in [1.29, 1.82) is 0 Å². The Morgan fingerprint density at radius 2 is 1.49 bits per heavy atom. The number of amides is 2. The number of hydrogen-bond donors (Lipinski definition) is 3. The van der Waals surface area contributed by atoms with Gasteiger partial charge in [-0.05, 0) is 53.0 Å². The van der Waals surface area contributed by atoms with Crippen LogP contribution in [0.15, 0.2) is 78.9 Å². The normalized spacial score (nSPS) is 20.9. The molecule has 2 atom stereocenters. The summed E-state index contributed by atoms with van der Waals surface area (Å²) in [5, 5.41) is 15.1. The second-order valence-electron chi connectivity index (χ2n) is 11.4. The van der Waals surface area contributed by atoms with Crippen LogP contribution in [0.25, 0.3) is 11.1 Å². The fraction of sp³-hybridized carbons (Fsp3) is 0.364. The van der Waals surface area contributed by atoms with Gasteiger partial charge >= 0.3 is 12.1 Å². The quantitative estimate of drug-likeness (QED) is 0.363. The number of aliphatic carboxylic acids is 1. The molecule has 41 heavy (non-hydrogen) atoms. The van der Waals surface area contributed by atoms with Gasteiger partial charge in [0.25, 0.3) is 0 Å². The molecule has 0 radical (unpaired) electrons. The summed E-state index contributed by atoms with van der Waals surface area (Å²) in [4.78, 5) is 40.4. The molecule has 1 saturated heterocycles. The van der Waals surface area contributed by atoms with Gasteiger partial charge in [-0.3, -0.25) is 14.5 Å². The molecule has 8 nitrogen and oxygen atoms in total. The van der Waals surface area contributed by atoms with Crippen LogP contribution in [0.2, 0.25) is 0 Å². The van der Waals surface area contributed by atoms with Crippen LogP contribution < -0.4 is 10.6 Å². The van der Waals surface area contributed by atoms with Gasteiger partial charge in [0.05, 0.1) is 5.92 Å². The first-order valence-electron chi connectivity index (χ1n) is 14.3. The summed E-state index contributed by atoms with van der Waals surface area (Å²) in [6.45, 7) is 2.49. The van der Waals surface area contributed by atoms with E-state index in [9.17, 15) is 19.5 Å². The number of fused-ring (bicyclic) bond motifs is 3. The summed E-state index contributed by atoms with van der Waals surface area (Å²) in [5.41, 5.74) is 4.63. The van der Waals surface area contributed by atoms with E-state index >= 15 is 0 Å². The molecule has 3 aromatic carbocycles. The molecule has 3 aliphatic rings. The SMILES string of the molecule is O=C(NC1(C(=O)NC[C@H]2C[C@H]2C(=O)O)CCN(Cc2ccccc2)CC1)OCC1c2ccccc2-c2ccccc21. The van der Waals surface area contributed by atoms with E-state index in [1.54, 1.807) is 0 Å². The van der Waals surface area contributed by atoms with Gasteiger partial charge in [0.1, 0.15) is 12.1 Å². The van der Waals surface area contributed by atoms with E-state index in [-0.39, 0.29) is 30.9 Å². The number of nitrogens with zero attached hydrogens (tertiary/aromatic N) is 1. The van der Waals surface area contributed by atoms with Crippen LogP contribution in [-0.4, -0.2) is 59.8 Å². The van der Waals surface area contributed by atoms with Crippen LogP contribution in [0, 0.1) is 11.8 Å². The summed E-state index contributed by atoms with van der Waals surface area (Å²) in [6, 6.07) is 26.5. The van der Waals surface area contributed by atoms with E-state index in [2.05, 4.69) is 51.9 Å². The van der Waals surface area contributed by atoms with E-state index in [0.717, 1.165) is 28.8 Å². The fourth-order valence-corrected chi connectivity index (χ4v) is 6.34. The van der Waals surface area contributed by atoms with Crippen molar-refractivity contribution in [3.05, 3.63) is 95.6 Å². The molecular weight excluding hydrogens is 518 g/mol. The van der Waals surface area contributed by atoms with Crippen molar-refractivity contribution < 1.29 is 24.2 Å². The maximum Gasteiger partial charge on any atom is 0.408 e. The molecule has 3 N–H and O–H groups in total. The summed E-state index contributed by atoms with van der Waals surface area (Å²) in [7, 11) is 0. The summed E-state index contributed by atoms with van der Waals surface area (Å²) in [6.07, 6.45) is 0.812. The highest BCUT2D eigenvalue weighted by molar-refractivity contribution is 5.90. The number of carbonyl (C=O) groups is 3. The van der Waals surface area contributed by atoms with E-state index < -0.39 is 23.5 Å². The minimum Gasteiger partial charge on any atom is -0.481 e. The van der Waals surface area contributed by atoms with Crippen molar-refractivity contribution in [3.63, 3.8) is 0 Å². The first-order chi connectivity index (χ1) is 19.9. The van der Waals surface area contributed by atoms with Crippen molar-refractivity contribution in [2.75, 3.05) is 26.2 Å². The Kier molecular flexibility index (Phi) is 7.49. The van der Waals surface area contributed by atoms with Gasteiger partial charge in [-0.2, -0.15) is 0 Å². The lowest BCUT2D eigenvalue weighted by Gasteiger charge is -2.40. The van der Waals surface area contributed by atoms with Gasteiger partial charge in [-0.15, -0.1) is 0 Å². The van der Waals surface area contributed by atoms with Gasteiger partial charge < -0.3 is 20.5 Å². The molecule has 1 heterocycles. The maximum atomic E-state index is 13.6. The van der Waals surface area contributed by atoms with E-state index in [1.807, 2.05) is 42.5 Å². The predicted octanol–water partition coefficient (Wildman–Crippen LogP) is 4.40. The number of hydrogen-bond acceptors (Lipinski definition) is 5. The molecule has 2 fully saturated rings. The Morgan fingerprint density at radius 1 is 0.878 bits per heavy atom. The number of rotatable bonds is 9. The number of benzene rings is 3. The van der Waals surface area contributed by atoms with Crippen LogP contribution in [0.3, 0.4) is 0 Å². The van der Waals surface area contributed by atoms with Gasteiger partial charge in [0.2, 0.25) is 5.91 Å². The van der Waals surface area contributed by atoms with Gasteiger partial charge in [0.15, 0.2) is 0 Å². The largest absolute Gasteiger partial charge is 0.481 e. The van der Waals surface area contributed by atoms with Crippen molar-refractivity contribution in [1.82, 2.24) is 15.5 Å². The second kappa shape index (κ2) is 11.4. The molecule has 212 valence electrons. The third-order valence-electron chi connectivity index (χ3n) is 8.84. The minimum atomic E-state index is -1.12. The lowest BCUT2D eigenvalue weighted by Crippen LogP contribution is -2.63. The van der Waals surface area contributed by atoms with Gasteiger partial charge in [0, 0.05) is 32.1 Å². The zero-order chi connectivity index (χ0) is 28.4. The summed E-state index contributed by atoms with van der Waals surface area (Å²) in [5.74, 6) is -1.66. The molecule has 0 unspecified atom stereocenters. The lowest BCUT2D eigenvalue weighted by atomic mass is 9.86. The van der Waals surface area contributed by atoms with Crippen LogP contribution in [-0.2, 0) is 20.9 Å². The minimum absolute atomic E-state index is 0.0684. The van der Waals surface area contributed by atoms with Crippen LogP contribution in [0.4, 0.5) is 4.79 Å². The number of likely N-dealkylation sites (tertiary alicyclic amines) is 1. The Morgan fingerprint density at radius 3 is 2.10 bits per heavy atom. The Hall–Kier alpha value is -4.17. The Bertz CT molecular complexity index is 1390.